The van der Waals surface area contributed by atoms with E-state index < -0.39 is 5.82 Å². The molecule has 2 heterocycles. The maximum atomic E-state index is 13.1. The number of anilines is 1. The summed E-state index contributed by atoms with van der Waals surface area (Å²) in [5.74, 6) is -0.00365. The average Bonchev–Trinajstić information content (AvgIpc) is 2.88. The normalized spacial score (nSPS) is 10.9. The van der Waals surface area contributed by atoms with Crippen molar-refractivity contribution in [1.29, 1.82) is 0 Å². The van der Waals surface area contributed by atoms with Crippen LogP contribution in [0.1, 0.15) is 11.4 Å². The number of amides is 1. The lowest BCUT2D eigenvalue weighted by atomic mass is 10.3. The summed E-state index contributed by atoms with van der Waals surface area (Å²) in [6.07, 6.45) is 0. The van der Waals surface area contributed by atoms with Gasteiger partial charge in [0.05, 0.1) is 5.75 Å². The van der Waals surface area contributed by atoms with E-state index in [9.17, 15) is 9.18 Å². The van der Waals surface area contributed by atoms with Crippen LogP contribution in [-0.4, -0.2) is 31.2 Å². The Kier molecular flexibility index (Phi) is 4.24. The number of halogens is 1. The highest BCUT2D eigenvalue weighted by Crippen LogP contribution is 2.16. The van der Waals surface area contributed by atoms with E-state index in [2.05, 4.69) is 20.4 Å². The highest BCUT2D eigenvalue weighted by Gasteiger charge is 2.11. The number of thioether (sulfide) groups is 1. The molecule has 1 amide bonds. The Morgan fingerprint density at radius 3 is 2.91 bits per heavy atom. The summed E-state index contributed by atoms with van der Waals surface area (Å²) in [5.41, 5.74) is 2.21. The smallest absolute Gasteiger partial charge is 0.253 e. The number of benzene rings is 1. The van der Waals surface area contributed by atoms with Crippen LogP contribution in [0.3, 0.4) is 0 Å². The number of nitrogens with zero attached hydrogens (tertiary/aromatic N) is 4. The third-order valence-corrected chi connectivity index (χ3v) is 3.88. The van der Waals surface area contributed by atoms with E-state index in [-0.39, 0.29) is 11.7 Å². The Bertz CT molecular complexity index is 879. The van der Waals surface area contributed by atoms with E-state index in [1.807, 2.05) is 19.9 Å². The Morgan fingerprint density at radius 1 is 1.30 bits per heavy atom. The third kappa shape index (κ3) is 3.65. The maximum Gasteiger partial charge on any atom is 0.253 e. The van der Waals surface area contributed by atoms with Crippen molar-refractivity contribution in [2.24, 2.45) is 0 Å². The van der Waals surface area contributed by atoms with Gasteiger partial charge in [-0.15, -0.1) is 5.10 Å². The van der Waals surface area contributed by atoms with Gasteiger partial charge >= 0.3 is 0 Å². The molecule has 8 heteroatoms. The molecule has 118 valence electrons. The fraction of sp³-hybridized carbons (Fsp3) is 0.200. The number of fused-ring (bicyclic) bond motifs is 1. The minimum atomic E-state index is -0.394. The summed E-state index contributed by atoms with van der Waals surface area (Å²) in [7, 11) is 0. The molecule has 0 saturated carbocycles. The van der Waals surface area contributed by atoms with Gasteiger partial charge in [-0.3, -0.25) is 4.79 Å². The number of carbonyl (C=O) groups is 1. The lowest BCUT2D eigenvalue weighted by Crippen LogP contribution is -2.14. The molecule has 0 atom stereocenters. The van der Waals surface area contributed by atoms with E-state index in [1.54, 1.807) is 16.6 Å². The van der Waals surface area contributed by atoms with Gasteiger partial charge in [0.2, 0.25) is 11.1 Å². The van der Waals surface area contributed by atoms with Crippen LogP contribution >= 0.6 is 11.8 Å². The Labute approximate surface area is 136 Å². The number of hydrogen-bond acceptors (Lipinski definition) is 5. The highest BCUT2D eigenvalue weighted by atomic mass is 32.2. The first-order valence-electron chi connectivity index (χ1n) is 6.90. The Hall–Kier alpha value is -2.48. The van der Waals surface area contributed by atoms with Gasteiger partial charge in [-0.25, -0.2) is 13.9 Å². The molecule has 0 unspecified atom stereocenters. The summed E-state index contributed by atoms with van der Waals surface area (Å²) < 4.78 is 14.7. The number of carbonyl (C=O) groups excluding carboxylic acids is 1. The first-order valence-corrected chi connectivity index (χ1v) is 7.89. The van der Waals surface area contributed by atoms with Crippen molar-refractivity contribution < 1.29 is 9.18 Å². The number of nitrogens with one attached hydrogen (secondary N) is 1. The SMILES string of the molecule is Cc1cc(C)n2nc(SCC(=O)Nc3cccc(F)c3)nc2n1. The molecule has 0 saturated heterocycles. The molecule has 0 bridgehead atoms. The molecule has 23 heavy (non-hydrogen) atoms. The predicted molar refractivity (Wildman–Crippen MR) is 86.0 cm³/mol. The fourth-order valence-corrected chi connectivity index (χ4v) is 2.72. The average molecular weight is 331 g/mol. The van der Waals surface area contributed by atoms with Gasteiger partial charge in [-0.05, 0) is 38.1 Å². The van der Waals surface area contributed by atoms with Gasteiger partial charge in [0.1, 0.15) is 5.82 Å². The second-order valence-corrected chi connectivity index (χ2v) is 5.93. The topological polar surface area (TPSA) is 72.2 Å². The van der Waals surface area contributed by atoms with Crippen LogP contribution in [0.5, 0.6) is 0 Å². The van der Waals surface area contributed by atoms with E-state index >= 15 is 0 Å². The number of aromatic nitrogens is 4. The van der Waals surface area contributed by atoms with Gasteiger partial charge in [-0.1, -0.05) is 17.8 Å². The largest absolute Gasteiger partial charge is 0.325 e. The van der Waals surface area contributed by atoms with Crippen molar-refractivity contribution in [2.75, 3.05) is 11.1 Å². The van der Waals surface area contributed by atoms with E-state index in [4.69, 9.17) is 0 Å². The van der Waals surface area contributed by atoms with Crippen LogP contribution in [0.4, 0.5) is 10.1 Å². The minimum Gasteiger partial charge on any atom is -0.325 e. The molecule has 3 rings (SSSR count). The zero-order valence-corrected chi connectivity index (χ0v) is 13.4. The molecule has 2 aromatic heterocycles. The van der Waals surface area contributed by atoms with Gasteiger partial charge < -0.3 is 5.32 Å². The van der Waals surface area contributed by atoms with Crippen LogP contribution in [0.2, 0.25) is 0 Å². The summed E-state index contributed by atoms with van der Waals surface area (Å²) in [4.78, 5) is 20.5. The molecule has 0 aliphatic carbocycles. The van der Waals surface area contributed by atoms with Gasteiger partial charge in [-0.2, -0.15) is 4.98 Å². The zero-order valence-electron chi connectivity index (χ0n) is 12.6. The summed E-state index contributed by atoms with van der Waals surface area (Å²) >= 11 is 1.20. The first kappa shape index (κ1) is 15.4. The van der Waals surface area contributed by atoms with Crippen molar-refractivity contribution >= 4 is 29.1 Å². The molecule has 0 spiro atoms. The zero-order chi connectivity index (χ0) is 16.4. The number of hydrogen-bond donors (Lipinski definition) is 1. The Balaban J connectivity index is 1.66. The molecule has 3 aromatic rings. The monoisotopic (exact) mass is 331 g/mol. The molecule has 0 aliphatic rings. The van der Waals surface area contributed by atoms with Crippen molar-refractivity contribution in [3.63, 3.8) is 0 Å². The molecule has 0 aliphatic heterocycles. The molecule has 6 nitrogen and oxygen atoms in total. The molecular formula is C15H14FN5OS. The second kappa shape index (κ2) is 6.33. The molecular weight excluding hydrogens is 317 g/mol. The van der Waals surface area contributed by atoms with Crippen LogP contribution in [0.15, 0.2) is 35.5 Å². The fourth-order valence-electron chi connectivity index (χ4n) is 2.10. The maximum absolute atomic E-state index is 13.1. The van der Waals surface area contributed by atoms with Crippen molar-refractivity contribution in [3.8, 4) is 0 Å². The van der Waals surface area contributed by atoms with Crippen LogP contribution in [-0.2, 0) is 4.79 Å². The molecule has 1 aromatic carbocycles. The lowest BCUT2D eigenvalue weighted by molar-refractivity contribution is -0.113. The minimum absolute atomic E-state index is 0.130. The number of rotatable bonds is 4. The quantitative estimate of drug-likeness (QED) is 0.744. The van der Waals surface area contributed by atoms with Crippen LogP contribution < -0.4 is 5.32 Å². The summed E-state index contributed by atoms with van der Waals surface area (Å²) in [5, 5.41) is 7.41. The van der Waals surface area contributed by atoms with Gasteiger partial charge in [0.25, 0.3) is 5.78 Å². The van der Waals surface area contributed by atoms with Crippen LogP contribution in [0.25, 0.3) is 5.78 Å². The molecule has 1 N–H and O–H groups in total. The van der Waals surface area contributed by atoms with E-state index in [0.29, 0.717) is 16.6 Å². The molecule has 0 radical (unpaired) electrons. The van der Waals surface area contributed by atoms with Gasteiger partial charge in [0.15, 0.2) is 0 Å². The highest BCUT2D eigenvalue weighted by molar-refractivity contribution is 7.99. The first-order chi connectivity index (χ1) is 11.0. The van der Waals surface area contributed by atoms with Crippen LogP contribution in [0, 0.1) is 19.7 Å². The van der Waals surface area contributed by atoms with Gasteiger partial charge in [0, 0.05) is 17.1 Å². The Morgan fingerprint density at radius 2 is 2.13 bits per heavy atom. The standard InChI is InChI=1S/C15H14FN5OS/c1-9-6-10(2)21-14(17-9)19-15(20-21)23-8-13(22)18-12-5-3-4-11(16)7-12/h3-7H,8H2,1-2H3,(H,18,22). The predicted octanol–water partition coefficient (Wildman–Crippen LogP) is 2.61. The molecule has 0 fully saturated rings. The van der Waals surface area contributed by atoms with Crippen molar-refractivity contribution in [1.82, 2.24) is 19.6 Å². The lowest BCUT2D eigenvalue weighted by Gasteiger charge is -2.03. The van der Waals surface area contributed by atoms with E-state index in [0.717, 1.165) is 11.4 Å². The summed E-state index contributed by atoms with van der Waals surface area (Å²) in [6.45, 7) is 3.81. The number of aryl methyl sites for hydroxylation is 2. The van der Waals surface area contributed by atoms with Crippen molar-refractivity contribution in [2.45, 2.75) is 19.0 Å². The second-order valence-electron chi connectivity index (χ2n) is 4.99. The summed E-state index contributed by atoms with van der Waals surface area (Å²) in [6, 6.07) is 7.67. The van der Waals surface area contributed by atoms with E-state index in [1.165, 1.54) is 23.9 Å². The van der Waals surface area contributed by atoms with Crippen molar-refractivity contribution in [3.05, 3.63) is 47.5 Å². The third-order valence-electron chi connectivity index (χ3n) is 3.04.